The summed E-state index contributed by atoms with van der Waals surface area (Å²) < 4.78 is 0. The van der Waals surface area contributed by atoms with Crippen LogP contribution in [0.25, 0.3) is 0 Å². The van der Waals surface area contributed by atoms with E-state index < -0.39 is 0 Å². The molecular weight excluding hydrogens is 190 g/mol. The Bertz CT molecular complexity index is 308. The summed E-state index contributed by atoms with van der Waals surface area (Å²) in [5.41, 5.74) is 1.07. The predicted octanol–water partition coefficient (Wildman–Crippen LogP) is 4.08. The third-order valence-electron chi connectivity index (χ3n) is 1.56. The standard InChI is InChI=1S/C10H13NS.C2H6/c1-4-5-9(11-3)10-7-6-8(2)12-10;1-2/h4-7H,1-3H3;1-2H3/b5-4-,11-9?;. The second-order valence-electron chi connectivity index (χ2n) is 2.52. The van der Waals surface area contributed by atoms with E-state index in [1.165, 1.54) is 9.75 Å². The molecule has 78 valence electrons. The maximum absolute atomic E-state index is 4.20. The smallest absolute Gasteiger partial charge is 0.0739 e. The zero-order chi connectivity index (χ0) is 11.0. The molecule has 0 saturated carbocycles. The molecule has 0 aliphatic heterocycles. The highest BCUT2D eigenvalue weighted by atomic mass is 32.1. The van der Waals surface area contributed by atoms with Crippen molar-refractivity contribution in [3.63, 3.8) is 0 Å². The van der Waals surface area contributed by atoms with Crippen LogP contribution in [0.4, 0.5) is 0 Å². The number of aryl methyl sites for hydroxylation is 1. The minimum Gasteiger partial charge on any atom is -0.287 e. The van der Waals surface area contributed by atoms with E-state index in [2.05, 4.69) is 24.0 Å². The summed E-state index contributed by atoms with van der Waals surface area (Å²) in [7, 11) is 1.82. The zero-order valence-corrected chi connectivity index (χ0v) is 10.5. The maximum Gasteiger partial charge on any atom is 0.0739 e. The van der Waals surface area contributed by atoms with Crippen molar-refractivity contribution < 1.29 is 0 Å². The van der Waals surface area contributed by atoms with Gasteiger partial charge in [-0.25, -0.2) is 0 Å². The topological polar surface area (TPSA) is 12.4 Å². The maximum atomic E-state index is 4.20. The van der Waals surface area contributed by atoms with Crippen molar-refractivity contribution in [2.75, 3.05) is 7.05 Å². The lowest BCUT2D eigenvalue weighted by atomic mass is 10.3. The van der Waals surface area contributed by atoms with Crippen molar-refractivity contribution in [3.8, 4) is 0 Å². The summed E-state index contributed by atoms with van der Waals surface area (Å²) in [6, 6.07) is 4.23. The van der Waals surface area contributed by atoms with Crippen LogP contribution >= 0.6 is 11.3 Å². The van der Waals surface area contributed by atoms with Crippen molar-refractivity contribution in [1.29, 1.82) is 0 Å². The minimum absolute atomic E-state index is 1.07. The monoisotopic (exact) mass is 209 g/mol. The Morgan fingerprint density at radius 2 is 2.00 bits per heavy atom. The average molecular weight is 209 g/mol. The molecule has 0 aliphatic rings. The van der Waals surface area contributed by atoms with Gasteiger partial charge in [0, 0.05) is 11.9 Å². The Hall–Kier alpha value is -0.890. The Balaban J connectivity index is 0.000000791. The van der Waals surface area contributed by atoms with Crippen LogP contribution in [0, 0.1) is 6.92 Å². The third kappa shape index (κ3) is 3.88. The SMILES string of the molecule is C/C=C\C(=NC)c1ccc(C)s1.CC. The summed E-state index contributed by atoms with van der Waals surface area (Å²) in [6.07, 6.45) is 4.04. The third-order valence-corrected chi connectivity index (χ3v) is 2.58. The van der Waals surface area contributed by atoms with Crippen molar-refractivity contribution in [2.45, 2.75) is 27.7 Å². The molecular formula is C12H19NS. The van der Waals surface area contributed by atoms with E-state index in [1.54, 1.807) is 11.3 Å². The number of hydrogen-bond donors (Lipinski definition) is 0. The quantitative estimate of drug-likeness (QED) is 0.651. The van der Waals surface area contributed by atoms with E-state index in [0.29, 0.717) is 0 Å². The highest BCUT2D eigenvalue weighted by Gasteiger charge is 2.00. The van der Waals surface area contributed by atoms with Gasteiger partial charge < -0.3 is 0 Å². The van der Waals surface area contributed by atoms with Gasteiger partial charge in [-0.3, -0.25) is 4.99 Å². The minimum atomic E-state index is 1.07. The first kappa shape index (κ1) is 13.1. The molecule has 0 spiro atoms. The highest BCUT2D eigenvalue weighted by Crippen LogP contribution is 2.16. The van der Waals surface area contributed by atoms with Gasteiger partial charge >= 0.3 is 0 Å². The predicted molar refractivity (Wildman–Crippen MR) is 67.7 cm³/mol. The van der Waals surface area contributed by atoms with Gasteiger partial charge in [0.05, 0.1) is 10.6 Å². The van der Waals surface area contributed by atoms with Crippen molar-refractivity contribution in [2.24, 2.45) is 4.99 Å². The van der Waals surface area contributed by atoms with Crippen LogP contribution in [-0.2, 0) is 0 Å². The molecule has 1 aromatic rings. The first-order chi connectivity index (χ1) is 6.77. The molecule has 1 aromatic heterocycles. The molecule has 0 unspecified atom stereocenters. The first-order valence-electron chi connectivity index (χ1n) is 4.94. The van der Waals surface area contributed by atoms with E-state index in [-0.39, 0.29) is 0 Å². The molecule has 0 bridgehead atoms. The number of thiophene rings is 1. The van der Waals surface area contributed by atoms with Gasteiger partial charge in [-0.2, -0.15) is 0 Å². The van der Waals surface area contributed by atoms with Crippen molar-refractivity contribution in [1.82, 2.24) is 0 Å². The summed E-state index contributed by atoms with van der Waals surface area (Å²) >= 11 is 1.78. The Labute approximate surface area is 91.2 Å². The van der Waals surface area contributed by atoms with Crippen LogP contribution in [0.3, 0.4) is 0 Å². The lowest BCUT2D eigenvalue weighted by molar-refractivity contribution is 1.44. The van der Waals surface area contributed by atoms with E-state index in [9.17, 15) is 0 Å². The van der Waals surface area contributed by atoms with Gasteiger partial charge in [0.15, 0.2) is 0 Å². The normalized spacial score (nSPS) is 11.4. The number of rotatable bonds is 2. The van der Waals surface area contributed by atoms with Gasteiger partial charge in [-0.05, 0) is 32.1 Å². The van der Waals surface area contributed by atoms with Crippen LogP contribution in [0.2, 0.25) is 0 Å². The Morgan fingerprint density at radius 1 is 1.36 bits per heavy atom. The first-order valence-corrected chi connectivity index (χ1v) is 5.76. The molecule has 0 fully saturated rings. The van der Waals surface area contributed by atoms with Crippen LogP contribution in [0.1, 0.15) is 30.5 Å². The number of aliphatic imine (C=N–C) groups is 1. The van der Waals surface area contributed by atoms with Gasteiger partial charge in [-0.15, -0.1) is 11.3 Å². The summed E-state index contributed by atoms with van der Waals surface area (Å²) in [6.45, 7) is 8.11. The van der Waals surface area contributed by atoms with Crippen LogP contribution < -0.4 is 0 Å². The fourth-order valence-electron chi connectivity index (χ4n) is 0.997. The molecule has 0 aliphatic carbocycles. The molecule has 0 atom stereocenters. The lowest BCUT2D eigenvalue weighted by Gasteiger charge is -1.93. The van der Waals surface area contributed by atoms with Crippen molar-refractivity contribution in [3.05, 3.63) is 34.0 Å². The van der Waals surface area contributed by atoms with E-state index in [1.807, 2.05) is 40.0 Å². The average Bonchev–Trinajstić information content (AvgIpc) is 2.64. The molecule has 1 heterocycles. The molecule has 0 aromatic carbocycles. The van der Waals surface area contributed by atoms with Gasteiger partial charge in [0.2, 0.25) is 0 Å². The fourth-order valence-corrected chi connectivity index (χ4v) is 1.88. The number of allylic oxidation sites excluding steroid dienone is 2. The number of hydrogen-bond acceptors (Lipinski definition) is 2. The second kappa shape index (κ2) is 7.51. The molecule has 0 radical (unpaired) electrons. The fraction of sp³-hybridized carbons (Fsp3) is 0.417. The Kier molecular flexibility index (Phi) is 7.03. The van der Waals surface area contributed by atoms with Crippen LogP contribution in [-0.4, -0.2) is 12.8 Å². The zero-order valence-electron chi connectivity index (χ0n) is 9.66. The van der Waals surface area contributed by atoms with Gasteiger partial charge in [0.25, 0.3) is 0 Å². The molecule has 0 saturated heterocycles. The number of nitrogens with zero attached hydrogens (tertiary/aromatic N) is 1. The van der Waals surface area contributed by atoms with E-state index >= 15 is 0 Å². The van der Waals surface area contributed by atoms with Crippen molar-refractivity contribution >= 4 is 17.0 Å². The molecule has 1 rings (SSSR count). The van der Waals surface area contributed by atoms with E-state index in [0.717, 1.165) is 5.71 Å². The molecule has 1 nitrogen and oxygen atoms in total. The summed E-state index contributed by atoms with van der Waals surface area (Å²) in [4.78, 5) is 6.77. The Morgan fingerprint density at radius 3 is 2.36 bits per heavy atom. The van der Waals surface area contributed by atoms with Gasteiger partial charge in [-0.1, -0.05) is 19.9 Å². The second-order valence-corrected chi connectivity index (χ2v) is 3.81. The highest BCUT2D eigenvalue weighted by molar-refractivity contribution is 7.14. The van der Waals surface area contributed by atoms with Gasteiger partial charge in [0.1, 0.15) is 0 Å². The summed E-state index contributed by atoms with van der Waals surface area (Å²) in [5.74, 6) is 0. The largest absolute Gasteiger partial charge is 0.287 e. The molecule has 0 N–H and O–H groups in total. The molecule has 14 heavy (non-hydrogen) atoms. The molecule has 2 heteroatoms. The van der Waals surface area contributed by atoms with Crippen LogP contribution in [0.15, 0.2) is 29.3 Å². The lowest BCUT2D eigenvalue weighted by Crippen LogP contribution is -1.91. The van der Waals surface area contributed by atoms with Crippen LogP contribution in [0.5, 0.6) is 0 Å². The van der Waals surface area contributed by atoms with E-state index in [4.69, 9.17) is 0 Å². The molecule has 0 amide bonds. The summed E-state index contributed by atoms with van der Waals surface area (Å²) in [5, 5.41) is 0.